The summed E-state index contributed by atoms with van der Waals surface area (Å²) in [6.45, 7) is 7.69. The number of nitrogens with one attached hydrogen (secondary N) is 1. The van der Waals surface area contributed by atoms with Crippen LogP contribution >= 0.6 is 0 Å². The van der Waals surface area contributed by atoms with E-state index in [0.29, 0.717) is 18.0 Å². The van der Waals surface area contributed by atoms with Gasteiger partial charge in [0.15, 0.2) is 0 Å². The smallest absolute Gasteiger partial charge is 0.243 e. The average Bonchev–Trinajstić information content (AvgIpc) is 2.60. The fourth-order valence-electron chi connectivity index (χ4n) is 2.66. The molecule has 0 aromatic heterocycles. The largest absolute Gasteiger partial charge is 0.310 e. The molecule has 1 N–H and O–H groups in total. The lowest BCUT2D eigenvalue weighted by atomic mass is 10.1. The highest BCUT2D eigenvalue weighted by Gasteiger charge is 2.23. The van der Waals surface area contributed by atoms with Crippen molar-refractivity contribution >= 4 is 10.0 Å². The summed E-state index contributed by atoms with van der Waals surface area (Å²) in [5.41, 5.74) is 2.07. The van der Waals surface area contributed by atoms with Crippen molar-refractivity contribution in [1.29, 1.82) is 0 Å². The molecule has 1 unspecified atom stereocenters. The molecule has 0 heterocycles. The van der Waals surface area contributed by atoms with E-state index in [2.05, 4.69) is 19.2 Å². The topological polar surface area (TPSA) is 49.4 Å². The molecule has 2 aromatic carbocycles. The zero-order chi connectivity index (χ0) is 17.6. The van der Waals surface area contributed by atoms with Crippen LogP contribution in [0.2, 0.25) is 0 Å². The van der Waals surface area contributed by atoms with E-state index in [4.69, 9.17) is 0 Å². The van der Waals surface area contributed by atoms with Crippen LogP contribution in [0.3, 0.4) is 0 Å². The molecule has 0 aliphatic carbocycles. The molecule has 0 saturated carbocycles. The molecule has 24 heavy (non-hydrogen) atoms. The molecule has 5 heteroatoms. The van der Waals surface area contributed by atoms with Crippen LogP contribution in [0.5, 0.6) is 0 Å². The van der Waals surface area contributed by atoms with Gasteiger partial charge in [-0.05, 0) is 36.7 Å². The van der Waals surface area contributed by atoms with Crippen LogP contribution in [0.4, 0.5) is 0 Å². The quantitative estimate of drug-likeness (QED) is 0.795. The van der Waals surface area contributed by atoms with Gasteiger partial charge in [-0.3, -0.25) is 0 Å². The molecule has 0 spiro atoms. The maximum Gasteiger partial charge on any atom is 0.243 e. The lowest BCUT2D eigenvalue weighted by Gasteiger charge is -2.21. The van der Waals surface area contributed by atoms with Crippen molar-refractivity contribution in [2.45, 2.75) is 38.3 Å². The van der Waals surface area contributed by atoms with Gasteiger partial charge in [-0.2, -0.15) is 4.31 Å². The molecule has 0 fully saturated rings. The van der Waals surface area contributed by atoms with Crippen molar-refractivity contribution in [2.75, 3.05) is 13.1 Å². The second-order valence-electron chi connectivity index (χ2n) is 5.77. The molecular weight excluding hydrogens is 320 g/mol. The number of hydrogen-bond acceptors (Lipinski definition) is 3. The summed E-state index contributed by atoms with van der Waals surface area (Å²) in [5.74, 6) is 0. The summed E-state index contributed by atoms with van der Waals surface area (Å²) in [4.78, 5) is 0.340. The van der Waals surface area contributed by atoms with Gasteiger partial charge in [-0.15, -0.1) is 0 Å². The summed E-state index contributed by atoms with van der Waals surface area (Å²) < 4.78 is 27.3. The van der Waals surface area contributed by atoms with Crippen LogP contribution in [0.15, 0.2) is 59.5 Å². The minimum Gasteiger partial charge on any atom is -0.310 e. The predicted molar refractivity (Wildman–Crippen MR) is 98.2 cm³/mol. The molecule has 0 radical (unpaired) electrons. The standard InChI is InChI=1S/C19H26N2O2S/c1-4-20-16(3)18-11-13-19(14-12-18)24(22,23)21(5-2)15-17-9-7-6-8-10-17/h6-14,16,20H,4-5,15H2,1-3H3. The van der Waals surface area contributed by atoms with E-state index in [1.165, 1.54) is 4.31 Å². The first-order valence-corrected chi connectivity index (χ1v) is 9.80. The van der Waals surface area contributed by atoms with Gasteiger partial charge in [0.25, 0.3) is 0 Å². The monoisotopic (exact) mass is 346 g/mol. The van der Waals surface area contributed by atoms with E-state index in [1.807, 2.05) is 49.4 Å². The van der Waals surface area contributed by atoms with Crippen molar-refractivity contribution < 1.29 is 8.42 Å². The normalized spacial score (nSPS) is 13.2. The Kier molecular flexibility index (Phi) is 6.54. The first-order valence-electron chi connectivity index (χ1n) is 8.36. The Labute approximate surface area is 145 Å². The summed E-state index contributed by atoms with van der Waals surface area (Å²) in [6, 6.07) is 17.0. The lowest BCUT2D eigenvalue weighted by molar-refractivity contribution is 0.423. The number of rotatable bonds is 8. The number of hydrogen-bond donors (Lipinski definition) is 1. The van der Waals surface area contributed by atoms with E-state index in [1.54, 1.807) is 12.1 Å². The minimum atomic E-state index is -3.49. The molecule has 4 nitrogen and oxygen atoms in total. The van der Waals surface area contributed by atoms with Gasteiger partial charge >= 0.3 is 0 Å². The van der Waals surface area contributed by atoms with Gasteiger partial charge in [0.05, 0.1) is 4.90 Å². The third-order valence-corrected chi connectivity index (χ3v) is 6.02. The van der Waals surface area contributed by atoms with Crippen LogP contribution in [-0.4, -0.2) is 25.8 Å². The average molecular weight is 346 g/mol. The third-order valence-electron chi connectivity index (χ3n) is 4.08. The second-order valence-corrected chi connectivity index (χ2v) is 7.70. The Morgan fingerprint density at radius 2 is 1.62 bits per heavy atom. The molecule has 130 valence electrons. The lowest BCUT2D eigenvalue weighted by Crippen LogP contribution is -2.30. The van der Waals surface area contributed by atoms with Crippen LogP contribution in [0.1, 0.15) is 37.9 Å². The van der Waals surface area contributed by atoms with Crippen LogP contribution in [-0.2, 0) is 16.6 Å². The zero-order valence-electron chi connectivity index (χ0n) is 14.6. The fourth-order valence-corrected chi connectivity index (χ4v) is 4.09. The fraction of sp³-hybridized carbons (Fsp3) is 0.368. The number of benzene rings is 2. The molecule has 0 amide bonds. The molecule has 1 atom stereocenters. The van der Waals surface area contributed by atoms with Crippen molar-refractivity contribution in [3.8, 4) is 0 Å². The third kappa shape index (κ3) is 4.44. The Balaban J connectivity index is 2.21. The van der Waals surface area contributed by atoms with Gasteiger partial charge in [-0.1, -0.05) is 56.3 Å². The van der Waals surface area contributed by atoms with E-state index >= 15 is 0 Å². The summed E-state index contributed by atoms with van der Waals surface area (Å²) in [6.07, 6.45) is 0. The van der Waals surface area contributed by atoms with E-state index in [0.717, 1.165) is 17.7 Å². The van der Waals surface area contributed by atoms with Gasteiger partial charge in [0.2, 0.25) is 10.0 Å². The molecule has 0 aliphatic heterocycles. The first-order chi connectivity index (χ1) is 11.5. The van der Waals surface area contributed by atoms with Crippen molar-refractivity contribution in [3.05, 3.63) is 65.7 Å². The molecular formula is C19H26N2O2S. The van der Waals surface area contributed by atoms with Crippen LogP contribution < -0.4 is 5.32 Å². The van der Waals surface area contributed by atoms with E-state index in [9.17, 15) is 8.42 Å². The maximum atomic E-state index is 12.9. The van der Waals surface area contributed by atoms with Crippen LogP contribution in [0, 0.1) is 0 Å². The van der Waals surface area contributed by atoms with Gasteiger partial charge < -0.3 is 5.32 Å². The highest BCUT2D eigenvalue weighted by atomic mass is 32.2. The Hall–Kier alpha value is -1.69. The minimum absolute atomic E-state index is 0.207. The molecule has 0 bridgehead atoms. The van der Waals surface area contributed by atoms with Gasteiger partial charge in [0, 0.05) is 19.1 Å². The molecule has 2 aromatic rings. The second kappa shape index (κ2) is 8.42. The van der Waals surface area contributed by atoms with Crippen molar-refractivity contribution in [2.24, 2.45) is 0 Å². The van der Waals surface area contributed by atoms with Crippen molar-refractivity contribution in [1.82, 2.24) is 9.62 Å². The summed E-state index contributed by atoms with van der Waals surface area (Å²) in [5, 5.41) is 3.33. The molecule has 0 aliphatic rings. The molecule has 2 rings (SSSR count). The van der Waals surface area contributed by atoms with Gasteiger partial charge in [-0.25, -0.2) is 8.42 Å². The SMILES string of the molecule is CCNC(C)c1ccc(S(=O)(=O)N(CC)Cc2ccccc2)cc1. The van der Waals surface area contributed by atoms with Crippen molar-refractivity contribution in [3.63, 3.8) is 0 Å². The first kappa shape index (κ1) is 18.6. The Morgan fingerprint density at radius 3 is 2.17 bits per heavy atom. The summed E-state index contributed by atoms with van der Waals surface area (Å²) in [7, 11) is -3.49. The highest BCUT2D eigenvalue weighted by Crippen LogP contribution is 2.21. The summed E-state index contributed by atoms with van der Waals surface area (Å²) >= 11 is 0. The van der Waals surface area contributed by atoms with Crippen LogP contribution in [0.25, 0.3) is 0 Å². The Bertz CT molecular complexity index is 728. The van der Waals surface area contributed by atoms with E-state index < -0.39 is 10.0 Å². The zero-order valence-corrected chi connectivity index (χ0v) is 15.4. The maximum absolute atomic E-state index is 12.9. The molecule has 0 saturated heterocycles. The van der Waals surface area contributed by atoms with E-state index in [-0.39, 0.29) is 6.04 Å². The highest BCUT2D eigenvalue weighted by molar-refractivity contribution is 7.89. The Morgan fingerprint density at radius 1 is 1.00 bits per heavy atom. The number of sulfonamides is 1. The number of nitrogens with zero attached hydrogens (tertiary/aromatic N) is 1. The van der Waals surface area contributed by atoms with Gasteiger partial charge in [0.1, 0.15) is 0 Å². The predicted octanol–water partition coefficient (Wildman–Crippen LogP) is 3.57.